The van der Waals surface area contributed by atoms with Gasteiger partial charge < -0.3 is 14.9 Å². The van der Waals surface area contributed by atoms with Gasteiger partial charge in [0.05, 0.1) is 12.7 Å². The van der Waals surface area contributed by atoms with Crippen LogP contribution in [0.15, 0.2) is 28.6 Å². The molecule has 138 valence electrons. The van der Waals surface area contributed by atoms with Gasteiger partial charge in [0.2, 0.25) is 5.91 Å². The number of hydrogen-bond donors (Lipinski definition) is 2. The van der Waals surface area contributed by atoms with Crippen molar-refractivity contribution in [1.82, 2.24) is 38.6 Å². The summed E-state index contributed by atoms with van der Waals surface area (Å²) < 4.78 is 3.66. The van der Waals surface area contributed by atoms with Crippen molar-refractivity contribution in [1.29, 1.82) is 0 Å². The van der Waals surface area contributed by atoms with Crippen molar-refractivity contribution in [2.75, 3.05) is 5.32 Å². The first-order chi connectivity index (χ1) is 12.9. The summed E-state index contributed by atoms with van der Waals surface area (Å²) in [6.07, 6.45) is 4.11. The van der Waals surface area contributed by atoms with Crippen molar-refractivity contribution in [3.63, 3.8) is 0 Å². The lowest BCUT2D eigenvalue weighted by atomic mass is 10.3. The maximum Gasteiger partial charge on any atom is 0.332 e. The molecule has 0 saturated heterocycles. The molecule has 0 aliphatic heterocycles. The molecule has 0 spiro atoms. The number of anilines is 1. The summed E-state index contributed by atoms with van der Waals surface area (Å²) in [5, 5.41) is 2.70. The second kappa shape index (κ2) is 5.86. The van der Waals surface area contributed by atoms with E-state index in [4.69, 9.17) is 0 Å². The smallest absolute Gasteiger partial charge is 0.332 e. The monoisotopic (exact) mass is 369 g/mol. The first-order valence-corrected chi connectivity index (χ1v) is 7.97. The van der Waals surface area contributed by atoms with E-state index in [-0.39, 0.29) is 17.0 Å². The molecule has 0 saturated carbocycles. The topological polar surface area (TPSA) is 145 Å². The molecule has 0 unspecified atom stereocenters. The van der Waals surface area contributed by atoms with Gasteiger partial charge in [-0.3, -0.25) is 18.7 Å². The van der Waals surface area contributed by atoms with Crippen molar-refractivity contribution in [3.05, 3.63) is 39.8 Å². The second-order valence-corrected chi connectivity index (χ2v) is 6.02. The summed E-state index contributed by atoms with van der Waals surface area (Å²) in [6, 6.07) is -0.784. The first-order valence-electron chi connectivity index (χ1n) is 7.97. The van der Waals surface area contributed by atoms with Gasteiger partial charge in [0.15, 0.2) is 22.6 Å². The maximum absolute atomic E-state index is 12.7. The highest BCUT2D eigenvalue weighted by Gasteiger charge is 2.23. The minimum Gasteiger partial charge on any atom is -0.340 e. The fourth-order valence-electron chi connectivity index (χ4n) is 2.87. The van der Waals surface area contributed by atoms with Crippen LogP contribution >= 0.6 is 0 Å². The number of nitrogens with zero attached hydrogens (tertiary/aromatic N) is 7. The lowest BCUT2D eigenvalue weighted by Gasteiger charge is -2.14. The molecule has 27 heavy (non-hydrogen) atoms. The van der Waals surface area contributed by atoms with E-state index in [9.17, 15) is 14.4 Å². The molecule has 4 heterocycles. The largest absolute Gasteiger partial charge is 0.340 e. The van der Waals surface area contributed by atoms with Gasteiger partial charge in [0.1, 0.15) is 17.9 Å². The molecule has 0 fully saturated rings. The Morgan fingerprint density at radius 1 is 1.15 bits per heavy atom. The number of aromatic amines is 1. The van der Waals surface area contributed by atoms with Gasteiger partial charge in [0, 0.05) is 14.1 Å². The predicted octanol–water partition coefficient (Wildman–Crippen LogP) is -0.700. The highest BCUT2D eigenvalue weighted by atomic mass is 16.2. The molecule has 12 heteroatoms. The summed E-state index contributed by atoms with van der Waals surface area (Å²) >= 11 is 0. The SMILES string of the molecule is C[C@@H](C(=O)Nc1ncnc2nc[nH]c12)n1cnc2c1c(=O)n(C)c(=O)n2C. The predicted molar refractivity (Wildman–Crippen MR) is 95.2 cm³/mol. The average molecular weight is 369 g/mol. The molecule has 2 N–H and O–H groups in total. The minimum absolute atomic E-state index is 0.164. The number of fused-ring (bicyclic) bond motifs is 2. The Balaban J connectivity index is 1.76. The Kier molecular flexibility index (Phi) is 3.61. The number of imidazole rings is 2. The molecule has 12 nitrogen and oxygen atoms in total. The van der Waals surface area contributed by atoms with Crippen molar-refractivity contribution in [2.45, 2.75) is 13.0 Å². The van der Waals surface area contributed by atoms with Gasteiger partial charge in [-0.2, -0.15) is 0 Å². The van der Waals surface area contributed by atoms with Gasteiger partial charge in [-0.05, 0) is 6.92 Å². The number of aromatic nitrogens is 8. The van der Waals surface area contributed by atoms with Crippen molar-refractivity contribution in [3.8, 4) is 0 Å². The molecular weight excluding hydrogens is 354 g/mol. The van der Waals surface area contributed by atoms with Gasteiger partial charge in [0.25, 0.3) is 5.56 Å². The molecule has 0 aliphatic rings. The number of rotatable bonds is 3. The van der Waals surface area contributed by atoms with E-state index in [0.717, 1.165) is 4.57 Å². The highest BCUT2D eigenvalue weighted by molar-refractivity contribution is 5.98. The van der Waals surface area contributed by atoms with Crippen LogP contribution in [0.1, 0.15) is 13.0 Å². The molecule has 0 aliphatic carbocycles. The summed E-state index contributed by atoms with van der Waals surface area (Å²) in [6.45, 7) is 1.62. The molecular formula is C15H15N9O3. The van der Waals surface area contributed by atoms with Crippen molar-refractivity contribution < 1.29 is 4.79 Å². The standard InChI is InChI=1S/C15H15N9O3/c1-7(13(25)21-11-8-10(17-4-16-8)18-5-19-11)24-6-20-12-9(24)14(26)23(3)15(27)22(12)2/h4-7H,1-3H3,(H2,16,17,18,19,21,25)/t7-/m0/s1. The van der Waals surface area contributed by atoms with E-state index in [1.807, 2.05) is 0 Å². The second-order valence-electron chi connectivity index (χ2n) is 6.02. The first kappa shape index (κ1) is 16.6. The van der Waals surface area contributed by atoms with Gasteiger partial charge in [-0.25, -0.2) is 24.7 Å². The van der Waals surface area contributed by atoms with Gasteiger partial charge >= 0.3 is 5.69 Å². The van der Waals surface area contributed by atoms with Crippen LogP contribution < -0.4 is 16.6 Å². The minimum atomic E-state index is -0.784. The number of nitrogens with one attached hydrogen (secondary N) is 2. The molecule has 0 bridgehead atoms. The normalized spacial score (nSPS) is 12.6. The van der Waals surface area contributed by atoms with Crippen LogP contribution in [0, 0.1) is 0 Å². The third-order valence-electron chi connectivity index (χ3n) is 4.43. The Morgan fingerprint density at radius 2 is 1.93 bits per heavy atom. The van der Waals surface area contributed by atoms with E-state index in [1.54, 1.807) is 6.92 Å². The molecule has 0 aromatic carbocycles. The Morgan fingerprint density at radius 3 is 2.70 bits per heavy atom. The highest BCUT2D eigenvalue weighted by Crippen LogP contribution is 2.18. The number of aryl methyl sites for hydroxylation is 1. The van der Waals surface area contributed by atoms with E-state index < -0.39 is 23.2 Å². The summed E-state index contributed by atoms with van der Waals surface area (Å²) in [5.41, 5.74) is 0.273. The zero-order valence-electron chi connectivity index (χ0n) is 14.7. The molecule has 4 aromatic heterocycles. The van der Waals surface area contributed by atoms with Crippen LogP contribution in [0.4, 0.5) is 5.82 Å². The average Bonchev–Trinajstić information content (AvgIpc) is 3.31. The van der Waals surface area contributed by atoms with Gasteiger partial charge in [-0.15, -0.1) is 0 Å². The summed E-state index contributed by atoms with van der Waals surface area (Å²) in [5.74, 6) is -0.140. The maximum atomic E-state index is 12.7. The van der Waals surface area contributed by atoms with E-state index >= 15 is 0 Å². The molecule has 0 radical (unpaired) electrons. The molecule has 1 amide bonds. The summed E-state index contributed by atoms with van der Waals surface area (Å²) in [4.78, 5) is 56.3. The van der Waals surface area contributed by atoms with Crippen LogP contribution in [0.2, 0.25) is 0 Å². The Labute approximate surface area is 150 Å². The third-order valence-corrected chi connectivity index (χ3v) is 4.43. The quantitative estimate of drug-likeness (QED) is 0.485. The summed E-state index contributed by atoms with van der Waals surface area (Å²) in [7, 11) is 2.89. The molecule has 4 aromatic rings. The fourth-order valence-corrected chi connectivity index (χ4v) is 2.87. The van der Waals surface area contributed by atoms with Gasteiger partial charge in [-0.1, -0.05) is 0 Å². The van der Waals surface area contributed by atoms with Crippen LogP contribution in [0.25, 0.3) is 22.3 Å². The number of hydrogen-bond acceptors (Lipinski definition) is 7. The van der Waals surface area contributed by atoms with Crippen LogP contribution in [0.3, 0.4) is 0 Å². The molecule has 1 atom stereocenters. The van der Waals surface area contributed by atoms with E-state index in [1.165, 1.54) is 42.2 Å². The number of carbonyl (C=O) groups is 1. The lowest BCUT2D eigenvalue weighted by molar-refractivity contribution is -0.118. The van der Waals surface area contributed by atoms with Crippen molar-refractivity contribution in [2.24, 2.45) is 14.1 Å². The Hall–Kier alpha value is -3.83. The Bertz CT molecular complexity index is 1310. The van der Waals surface area contributed by atoms with E-state index in [0.29, 0.717) is 11.2 Å². The zero-order valence-corrected chi connectivity index (χ0v) is 14.7. The van der Waals surface area contributed by atoms with E-state index in [2.05, 4.69) is 30.2 Å². The van der Waals surface area contributed by atoms with Crippen LogP contribution in [-0.4, -0.2) is 44.5 Å². The number of carbonyl (C=O) groups excluding carboxylic acids is 1. The fraction of sp³-hybridized carbons (Fsp3) is 0.267. The number of amides is 1. The van der Waals surface area contributed by atoms with Crippen LogP contribution in [0.5, 0.6) is 0 Å². The zero-order chi connectivity index (χ0) is 19.3. The van der Waals surface area contributed by atoms with Crippen molar-refractivity contribution >= 4 is 34.1 Å². The lowest BCUT2D eigenvalue weighted by Crippen LogP contribution is -2.38. The third kappa shape index (κ3) is 2.41. The number of H-pyrrole nitrogens is 1. The molecule has 4 rings (SSSR count). The van der Waals surface area contributed by atoms with Crippen LogP contribution in [-0.2, 0) is 18.9 Å².